The monoisotopic (exact) mass is 438 g/mol. The maximum absolute atomic E-state index is 12.5. The first-order valence-corrected chi connectivity index (χ1v) is 9.99. The molecule has 1 N–H and O–H groups in total. The number of ether oxygens (including phenoxy) is 1. The van der Waals surface area contributed by atoms with Crippen molar-refractivity contribution in [3.8, 4) is 5.75 Å². The molecule has 0 bridgehead atoms. The molecule has 0 fully saturated rings. The van der Waals surface area contributed by atoms with Crippen molar-refractivity contribution in [1.29, 1.82) is 0 Å². The third kappa shape index (κ3) is 5.21. The number of benzene rings is 2. The van der Waals surface area contributed by atoms with Gasteiger partial charge in [0.05, 0.1) is 22.3 Å². The molecule has 0 radical (unpaired) electrons. The van der Waals surface area contributed by atoms with Gasteiger partial charge < -0.3 is 9.84 Å². The molecular formula is C21H20Cl2O6. The fourth-order valence-corrected chi connectivity index (χ4v) is 3.56. The van der Waals surface area contributed by atoms with Crippen molar-refractivity contribution in [2.45, 2.75) is 44.8 Å². The maximum atomic E-state index is 12.5. The minimum absolute atomic E-state index is 0.115. The van der Waals surface area contributed by atoms with Gasteiger partial charge in [0, 0.05) is 23.4 Å². The molecule has 3 rings (SSSR count). The normalized spacial score (nSPS) is 18.2. The van der Waals surface area contributed by atoms with E-state index in [0.717, 1.165) is 12.8 Å². The second-order valence-electron chi connectivity index (χ2n) is 6.77. The van der Waals surface area contributed by atoms with Gasteiger partial charge in [0.2, 0.25) is 0 Å². The predicted molar refractivity (Wildman–Crippen MR) is 107 cm³/mol. The van der Waals surface area contributed by atoms with Crippen molar-refractivity contribution in [3.05, 3.63) is 63.1 Å². The Morgan fingerprint density at radius 3 is 2.48 bits per heavy atom. The number of halogens is 2. The van der Waals surface area contributed by atoms with Crippen LogP contribution in [-0.2, 0) is 16.2 Å². The summed E-state index contributed by atoms with van der Waals surface area (Å²) in [5.41, 5.74) is 0.721. The van der Waals surface area contributed by atoms with Crippen LogP contribution in [0.2, 0.25) is 10.0 Å². The van der Waals surface area contributed by atoms with Gasteiger partial charge in [-0.25, -0.2) is 19.4 Å². The smallest absolute Gasteiger partial charge is 0.386 e. The van der Waals surface area contributed by atoms with Crippen LogP contribution in [0.25, 0.3) is 0 Å². The molecule has 2 aromatic carbocycles. The van der Waals surface area contributed by atoms with Gasteiger partial charge in [0.15, 0.2) is 0 Å². The molecule has 0 amide bonds. The first-order valence-electron chi connectivity index (χ1n) is 9.23. The summed E-state index contributed by atoms with van der Waals surface area (Å²) >= 11 is 12.0. The van der Waals surface area contributed by atoms with Crippen molar-refractivity contribution in [3.63, 3.8) is 0 Å². The fourth-order valence-electron chi connectivity index (χ4n) is 3.21. The van der Waals surface area contributed by atoms with Gasteiger partial charge >= 0.3 is 11.9 Å². The highest BCUT2D eigenvalue weighted by atomic mass is 35.5. The molecule has 0 aliphatic carbocycles. The molecule has 0 saturated heterocycles. The van der Waals surface area contributed by atoms with Crippen molar-refractivity contribution in [2.75, 3.05) is 0 Å². The summed E-state index contributed by atoms with van der Waals surface area (Å²) in [6, 6.07) is 8.90. The zero-order chi connectivity index (χ0) is 21.0. The van der Waals surface area contributed by atoms with E-state index in [1.165, 1.54) is 36.4 Å². The number of aliphatic hydroxyl groups is 1. The van der Waals surface area contributed by atoms with Crippen molar-refractivity contribution >= 4 is 35.1 Å². The van der Waals surface area contributed by atoms with E-state index in [2.05, 4.69) is 4.89 Å². The van der Waals surface area contributed by atoms with Gasteiger partial charge in [0.25, 0.3) is 0 Å². The fraction of sp³-hybridized carbons (Fsp3) is 0.333. The standard InChI is InChI=1S/C21H20Cl2O6/c1-2-3-15-10-14(24)11-17-16(8-9-18(23)19(17)27-15)21(26)29-28-20(25)12-4-6-13(22)7-5-12/h4-9,14-15,24H,2-3,10-11H2,1H3. The third-order valence-corrected chi connectivity index (χ3v) is 5.12. The molecule has 8 heteroatoms. The zero-order valence-electron chi connectivity index (χ0n) is 15.7. The van der Waals surface area contributed by atoms with Gasteiger partial charge in [0.1, 0.15) is 11.9 Å². The summed E-state index contributed by atoms with van der Waals surface area (Å²) in [5, 5.41) is 11.1. The minimum Gasteiger partial charge on any atom is -0.488 e. The number of rotatable bonds is 4. The van der Waals surface area contributed by atoms with E-state index in [-0.39, 0.29) is 23.7 Å². The van der Waals surface area contributed by atoms with E-state index < -0.39 is 18.0 Å². The van der Waals surface area contributed by atoms with E-state index in [4.69, 9.17) is 32.8 Å². The van der Waals surface area contributed by atoms with Crippen LogP contribution in [-0.4, -0.2) is 29.3 Å². The van der Waals surface area contributed by atoms with E-state index in [0.29, 0.717) is 27.8 Å². The first kappa shape index (κ1) is 21.4. The lowest BCUT2D eigenvalue weighted by molar-refractivity contribution is -0.187. The number of hydrogen-bond donors (Lipinski definition) is 1. The molecule has 1 aliphatic rings. The molecule has 0 saturated carbocycles. The van der Waals surface area contributed by atoms with Gasteiger partial charge in [-0.1, -0.05) is 36.5 Å². The van der Waals surface area contributed by atoms with E-state index >= 15 is 0 Å². The Kier molecular flexibility index (Phi) is 7.00. The summed E-state index contributed by atoms with van der Waals surface area (Å²) in [6.45, 7) is 2.02. The lowest BCUT2D eigenvalue weighted by Crippen LogP contribution is -2.21. The van der Waals surface area contributed by atoms with Crippen LogP contribution in [0.3, 0.4) is 0 Å². The van der Waals surface area contributed by atoms with Crippen LogP contribution in [0.15, 0.2) is 36.4 Å². The Hall–Kier alpha value is -2.28. The molecule has 1 aliphatic heterocycles. The molecule has 2 atom stereocenters. The SMILES string of the molecule is CCCC1CC(O)Cc2c(C(=O)OOC(=O)c3ccc(Cl)cc3)ccc(Cl)c2O1. The van der Waals surface area contributed by atoms with Gasteiger partial charge in [-0.2, -0.15) is 0 Å². The molecule has 29 heavy (non-hydrogen) atoms. The molecular weight excluding hydrogens is 419 g/mol. The highest BCUT2D eigenvalue weighted by molar-refractivity contribution is 6.32. The molecule has 0 spiro atoms. The summed E-state index contributed by atoms with van der Waals surface area (Å²) in [6.07, 6.45) is 1.33. The number of fused-ring (bicyclic) bond motifs is 1. The number of aliphatic hydroxyl groups excluding tert-OH is 1. The number of carbonyl (C=O) groups excluding carboxylic acids is 2. The van der Waals surface area contributed by atoms with E-state index in [9.17, 15) is 14.7 Å². The van der Waals surface area contributed by atoms with Gasteiger partial charge in [-0.05, 0) is 42.8 Å². The van der Waals surface area contributed by atoms with E-state index in [1.807, 2.05) is 6.92 Å². The lowest BCUT2D eigenvalue weighted by atomic mass is 9.98. The van der Waals surface area contributed by atoms with Crippen LogP contribution in [0.5, 0.6) is 5.75 Å². The highest BCUT2D eigenvalue weighted by Gasteiger charge is 2.29. The van der Waals surface area contributed by atoms with Crippen LogP contribution in [0.4, 0.5) is 0 Å². The molecule has 2 unspecified atom stereocenters. The topological polar surface area (TPSA) is 82.1 Å². The minimum atomic E-state index is -0.884. The average Bonchev–Trinajstić information content (AvgIpc) is 2.85. The Bertz CT molecular complexity index is 897. The highest BCUT2D eigenvalue weighted by Crippen LogP contribution is 2.37. The Labute approximate surface area is 178 Å². The average molecular weight is 439 g/mol. The van der Waals surface area contributed by atoms with Crippen molar-refractivity contribution in [2.24, 2.45) is 0 Å². The number of hydrogen-bond acceptors (Lipinski definition) is 6. The summed E-state index contributed by atoms with van der Waals surface area (Å²) in [7, 11) is 0. The molecule has 0 aromatic heterocycles. The Balaban J connectivity index is 1.78. The maximum Gasteiger partial charge on any atom is 0.386 e. The summed E-state index contributed by atoms with van der Waals surface area (Å²) < 4.78 is 5.98. The van der Waals surface area contributed by atoms with Crippen LogP contribution < -0.4 is 4.74 Å². The molecule has 154 valence electrons. The first-order chi connectivity index (χ1) is 13.9. The Morgan fingerprint density at radius 1 is 1.10 bits per heavy atom. The summed E-state index contributed by atoms with van der Waals surface area (Å²) in [5.74, 6) is -1.38. The van der Waals surface area contributed by atoms with Crippen molar-refractivity contribution < 1.29 is 29.2 Å². The van der Waals surface area contributed by atoms with Gasteiger partial charge in [-0.15, -0.1) is 0 Å². The quantitative estimate of drug-likeness (QED) is 0.546. The van der Waals surface area contributed by atoms with Crippen LogP contribution >= 0.6 is 23.2 Å². The number of carbonyl (C=O) groups is 2. The second kappa shape index (κ2) is 9.48. The van der Waals surface area contributed by atoms with Gasteiger partial charge in [-0.3, -0.25) is 0 Å². The molecule has 1 heterocycles. The van der Waals surface area contributed by atoms with Crippen molar-refractivity contribution in [1.82, 2.24) is 0 Å². The largest absolute Gasteiger partial charge is 0.488 e. The van der Waals surface area contributed by atoms with E-state index in [1.54, 1.807) is 0 Å². The molecule has 2 aromatic rings. The third-order valence-electron chi connectivity index (χ3n) is 4.58. The Morgan fingerprint density at radius 2 is 1.79 bits per heavy atom. The van der Waals surface area contributed by atoms with Crippen LogP contribution in [0, 0.1) is 0 Å². The predicted octanol–water partition coefficient (Wildman–Crippen LogP) is 4.78. The second-order valence-corrected chi connectivity index (χ2v) is 7.62. The molecule has 6 nitrogen and oxygen atoms in total. The lowest BCUT2D eigenvalue weighted by Gasteiger charge is -2.18. The summed E-state index contributed by atoms with van der Waals surface area (Å²) in [4.78, 5) is 34.0. The zero-order valence-corrected chi connectivity index (χ0v) is 17.2. The van der Waals surface area contributed by atoms with Crippen LogP contribution in [0.1, 0.15) is 52.5 Å².